The van der Waals surface area contributed by atoms with Gasteiger partial charge in [-0.3, -0.25) is 9.78 Å². The van der Waals surface area contributed by atoms with E-state index >= 15 is 0 Å². The summed E-state index contributed by atoms with van der Waals surface area (Å²) < 4.78 is 19.8. The van der Waals surface area contributed by atoms with E-state index in [4.69, 9.17) is 4.42 Å². The Hall–Kier alpha value is -3.80. The molecular weight excluding hydrogens is 405 g/mol. The van der Waals surface area contributed by atoms with E-state index in [0.717, 1.165) is 41.4 Å². The molecule has 5 nitrogen and oxygen atoms in total. The molecule has 0 aliphatic carbocycles. The monoisotopic (exact) mass is 427 g/mol. The predicted molar refractivity (Wildman–Crippen MR) is 122 cm³/mol. The summed E-state index contributed by atoms with van der Waals surface area (Å²) in [4.78, 5) is 22.9. The number of halogens is 1. The number of rotatable bonds is 5. The molecule has 2 aromatic heterocycles. The number of carbonyl (C=O) groups excluding carboxylic acids is 1. The van der Waals surface area contributed by atoms with Crippen molar-refractivity contribution in [2.24, 2.45) is 0 Å². The quantitative estimate of drug-likeness (QED) is 0.395. The summed E-state index contributed by atoms with van der Waals surface area (Å²) in [7, 11) is 0. The molecule has 1 aliphatic heterocycles. The third-order valence-electron chi connectivity index (χ3n) is 5.91. The maximum atomic E-state index is 13.8. The minimum atomic E-state index is -0.587. The summed E-state index contributed by atoms with van der Waals surface area (Å²) in [5.41, 5.74) is 6.24. The van der Waals surface area contributed by atoms with E-state index in [1.54, 1.807) is 0 Å². The van der Waals surface area contributed by atoms with Gasteiger partial charge in [-0.25, -0.2) is 4.39 Å². The van der Waals surface area contributed by atoms with E-state index in [1.807, 2.05) is 48.5 Å². The van der Waals surface area contributed by atoms with Crippen molar-refractivity contribution in [2.75, 3.05) is 18.0 Å². The topological polar surface area (TPSA) is 59.2 Å². The van der Waals surface area contributed by atoms with Gasteiger partial charge >= 0.3 is 0 Å². The molecule has 3 heterocycles. The molecule has 6 heteroatoms. The first-order valence-corrected chi connectivity index (χ1v) is 10.6. The van der Waals surface area contributed by atoms with E-state index in [-0.39, 0.29) is 17.8 Å². The van der Waals surface area contributed by atoms with Crippen LogP contribution in [-0.4, -0.2) is 28.8 Å². The van der Waals surface area contributed by atoms with Crippen molar-refractivity contribution >= 4 is 28.5 Å². The third kappa shape index (κ3) is 3.91. The van der Waals surface area contributed by atoms with Gasteiger partial charge in [0.1, 0.15) is 5.52 Å². The van der Waals surface area contributed by atoms with Gasteiger partial charge in [0.2, 0.25) is 0 Å². The number of ketones is 1. The summed E-state index contributed by atoms with van der Waals surface area (Å²) in [6.45, 7) is 3.72. The van der Waals surface area contributed by atoms with E-state index < -0.39 is 5.82 Å². The van der Waals surface area contributed by atoms with Crippen LogP contribution in [0.1, 0.15) is 34.8 Å². The summed E-state index contributed by atoms with van der Waals surface area (Å²) >= 11 is 0. The van der Waals surface area contributed by atoms with Crippen molar-refractivity contribution in [3.63, 3.8) is 0 Å². The number of oxazole rings is 1. The summed E-state index contributed by atoms with van der Waals surface area (Å²) in [5.74, 6) is -0.843. The fraction of sp³-hybridized carbons (Fsp3) is 0.192. The highest BCUT2D eigenvalue weighted by Crippen LogP contribution is 2.31. The highest BCUT2D eigenvalue weighted by molar-refractivity contribution is 5.97. The second-order valence-corrected chi connectivity index (χ2v) is 8.05. The lowest BCUT2D eigenvalue weighted by atomic mass is 9.93. The number of hydrogen-bond donors (Lipinski definition) is 0. The zero-order valence-corrected chi connectivity index (χ0v) is 17.7. The molecule has 0 saturated carbocycles. The molecule has 0 spiro atoms. The molecule has 5 rings (SSSR count). The first kappa shape index (κ1) is 20.1. The first-order valence-electron chi connectivity index (χ1n) is 10.6. The average Bonchev–Trinajstić information content (AvgIpc) is 3.24. The number of Topliss-reactive ketones (excluding diaryl/α,β-unsaturated/α-hetero) is 1. The Bertz CT molecular complexity index is 1290. The van der Waals surface area contributed by atoms with Gasteiger partial charge in [0.05, 0.1) is 11.8 Å². The van der Waals surface area contributed by atoms with Crippen molar-refractivity contribution < 1.29 is 13.6 Å². The molecule has 0 radical (unpaired) electrons. The number of para-hydroxylation sites is 2. The number of hydrogen-bond acceptors (Lipinski definition) is 5. The van der Waals surface area contributed by atoms with Crippen molar-refractivity contribution in [1.82, 2.24) is 9.97 Å². The zero-order valence-electron chi connectivity index (χ0n) is 17.7. The highest BCUT2D eigenvalue weighted by atomic mass is 19.1. The molecule has 0 saturated heterocycles. The first-order chi connectivity index (χ1) is 15.6. The Balaban J connectivity index is 1.33. The third-order valence-corrected chi connectivity index (χ3v) is 5.91. The lowest BCUT2D eigenvalue weighted by molar-refractivity contribution is 0.0989. The molecule has 0 unspecified atom stereocenters. The number of aromatic nitrogens is 2. The molecule has 160 valence electrons. The van der Waals surface area contributed by atoms with Crippen molar-refractivity contribution in [3.05, 3.63) is 95.1 Å². The van der Waals surface area contributed by atoms with Gasteiger partial charge in [0, 0.05) is 25.7 Å². The van der Waals surface area contributed by atoms with Crippen LogP contribution in [0.5, 0.6) is 0 Å². The van der Waals surface area contributed by atoms with E-state index in [1.165, 1.54) is 23.4 Å². The molecule has 0 atom stereocenters. The average molecular weight is 427 g/mol. The van der Waals surface area contributed by atoms with E-state index in [9.17, 15) is 9.18 Å². The summed E-state index contributed by atoms with van der Waals surface area (Å²) in [6, 6.07) is 17.8. The second-order valence-electron chi connectivity index (χ2n) is 8.05. The molecular formula is C26H22FN3O2. The number of nitrogens with zero attached hydrogens (tertiary/aromatic N) is 3. The largest absolute Gasteiger partial charge is 0.423 e. The molecule has 2 aromatic carbocycles. The van der Waals surface area contributed by atoms with Crippen LogP contribution in [0.25, 0.3) is 16.7 Å². The molecule has 0 fully saturated rings. The lowest BCUT2D eigenvalue weighted by Crippen LogP contribution is -2.31. The minimum absolute atomic E-state index is 0.0730. The normalized spacial score (nSPS) is 14.2. The van der Waals surface area contributed by atoms with Gasteiger partial charge in [-0.1, -0.05) is 42.0 Å². The Kier molecular flexibility index (Phi) is 5.27. The predicted octanol–water partition coefficient (Wildman–Crippen LogP) is 5.47. The fourth-order valence-corrected chi connectivity index (χ4v) is 4.06. The maximum Gasteiger partial charge on any atom is 0.298 e. The number of pyridine rings is 1. The van der Waals surface area contributed by atoms with Crippen molar-refractivity contribution in [1.29, 1.82) is 0 Å². The van der Waals surface area contributed by atoms with Gasteiger partial charge in [-0.2, -0.15) is 4.98 Å². The Labute approximate surface area is 185 Å². The lowest BCUT2D eigenvalue weighted by Gasteiger charge is -2.29. The fourth-order valence-electron chi connectivity index (χ4n) is 4.06. The SMILES string of the molecule is CC1=C(c2ccc(CC(=O)c3ccncc3F)cc2)CN(c2nc3ccccc3o2)CC1. The number of benzene rings is 2. The number of carbonyl (C=O) groups is 1. The second kappa shape index (κ2) is 8.38. The molecule has 0 N–H and O–H groups in total. The van der Waals surface area contributed by atoms with Crippen LogP contribution in [0.3, 0.4) is 0 Å². The Morgan fingerprint density at radius 3 is 2.72 bits per heavy atom. The number of anilines is 1. The van der Waals surface area contributed by atoms with Crippen LogP contribution < -0.4 is 4.90 Å². The van der Waals surface area contributed by atoms with Crippen LogP contribution in [0, 0.1) is 5.82 Å². The van der Waals surface area contributed by atoms with E-state index in [2.05, 4.69) is 21.8 Å². The van der Waals surface area contributed by atoms with Gasteiger partial charge in [-0.15, -0.1) is 0 Å². The van der Waals surface area contributed by atoms with Gasteiger partial charge in [-0.05, 0) is 48.2 Å². The molecule has 0 amide bonds. The van der Waals surface area contributed by atoms with Gasteiger partial charge in [0.15, 0.2) is 17.2 Å². The van der Waals surface area contributed by atoms with Crippen LogP contribution in [0.2, 0.25) is 0 Å². The van der Waals surface area contributed by atoms with Crippen LogP contribution in [-0.2, 0) is 6.42 Å². The van der Waals surface area contributed by atoms with Crippen LogP contribution in [0.15, 0.2) is 77.0 Å². The molecule has 32 heavy (non-hydrogen) atoms. The summed E-state index contributed by atoms with van der Waals surface area (Å²) in [6.07, 6.45) is 3.57. The molecule has 1 aliphatic rings. The number of fused-ring (bicyclic) bond motifs is 1. The Morgan fingerprint density at radius 2 is 1.94 bits per heavy atom. The van der Waals surface area contributed by atoms with Gasteiger partial charge in [0.25, 0.3) is 6.01 Å². The maximum absolute atomic E-state index is 13.8. The Morgan fingerprint density at radius 1 is 1.12 bits per heavy atom. The van der Waals surface area contributed by atoms with Crippen LogP contribution >= 0.6 is 0 Å². The smallest absolute Gasteiger partial charge is 0.298 e. The summed E-state index contributed by atoms with van der Waals surface area (Å²) in [5, 5.41) is 0. The minimum Gasteiger partial charge on any atom is -0.423 e. The highest BCUT2D eigenvalue weighted by Gasteiger charge is 2.22. The van der Waals surface area contributed by atoms with Crippen molar-refractivity contribution in [2.45, 2.75) is 19.8 Å². The molecule has 4 aromatic rings. The molecule has 0 bridgehead atoms. The van der Waals surface area contributed by atoms with E-state index in [0.29, 0.717) is 12.6 Å². The van der Waals surface area contributed by atoms with Crippen molar-refractivity contribution in [3.8, 4) is 0 Å². The van der Waals surface area contributed by atoms with Crippen LogP contribution in [0.4, 0.5) is 10.4 Å². The zero-order chi connectivity index (χ0) is 22.1. The standard InChI is InChI=1S/C26H22FN3O2/c1-17-11-13-30(26-29-23-4-2-3-5-25(23)32-26)16-21(17)19-8-6-18(7-9-19)14-24(31)20-10-12-28-15-22(20)27/h2-10,12,15H,11,13-14,16H2,1H3. The van der Waals surface area contributed by atoms with Gasteiger partial charge < -0.3 is 9.32 Å².